The lowest BCUT2D eigenvalue weighted by molar-refractivity contribution is 0.723. The minimum atomic E-state index is 0.989. The third kappa shape index (κ3) is 5.60. The van der Waals surface area contributed by atoms with Crippen LogP contribution in [0.15, 0.2) is 23.1 Å². The van der Waals surface area contributed by atoms with Gasteiger partial charge in [0, 0.05) is 11.4 Å². The summed E-state index contributed by atoms with van der Waals surface area (Å²) in [5.41, 5.74) is 2.83. The summed E-state index contributed by atoms with van der Waals surface area (Å²) in [5.74, 6) is 1.25. The summed E-state index contributed by atoms with van der Waals surface area (Å²) >= 11 is 1.99. The molecule has 0 aromatic heterocycles. The molecule has 2 heteroatoms. The number of nitrogens with one attached hydrogen (secondary N) is 1. The molecule has 1 N–H and O–H groups in total. The molecule has 0 unspecified atom stereocenters. The Bertz CT molecular complexity index is 323. The van der Waals surface area contributed by atoms with Gasteiger partial charge in [0.05, 0.1) is 0 Å². The molecule has 1 rings (SSSR count). The molecule has 0 radical (unpaired) electrons. The molecule has 0 atom stereocenters. The summed E-state index contributed by atoms with van der Waals surface area (Å²) in [7, 11) is 0. The van der Waals surface area contributed by atoms with Crippen molar-refractivity contribution in [3.63, 3.8) is 0 Å². The van der Waals surface area contributed by atoms with E-state index in [0.29, 0.717) is 0 Å². The van der Waals surface area contributed by atoms with E-state index >= 15 is 0 Å². The van der Waals surface area contributed by atoms with Crippen LogP contribution >= 0.6 is 11.8 Å². The second-order valence-electron chi connectivity index (χ2n) is 4.42. The maximum atomic E-state index is 3.38. The van der Waals surface area contributed by atoms with Crippen molar-refractivity contribution in [3.8, 4) is 0 Å². The Kier molecular flexibility index (Phi) is 7.38. The van der Waals surface area contributed by atoms with Gasteiger partial charge in [-0.1, -0.05) is 32.8 Å². The molecule has 0 saturated heterocycles. The van der Waals surface area contributed by atoms with Gasteiger partial charge in [-0.3, -0.25) is 0 Å². The SMILES string of the molecule is CCCCCSc1ccc(CNCC)c(C)c1. The molecule has 0 fully saturated rings. The van der Waals surface area contributed by atoms with E-state index in [0.717, 1.165) is 13.1 Å². The highest BCUT2D eigenvalue weighted by atomic mass is 32.2. The molecular formula is C15H25NS. The van der Waals surface area contributed by atoms with Crippen LogP contribution in [0.3, 0.4) is 0 Å². The second kappa shape index (κ2) is 8.60. The van der Waals surface area contributed by atoms with Crippen LogP contribution in [0.5, 0.6) is 0 Å². The maximum Gasteiger partial charge on any atom is 0.0208 e. The number of hydrogen-bond acceptors (Lipinski definition) is 2. The van der Waals surface area contributed by atoms with Crippen molar-refractivity contribution in [3.05, 3.63) is 29.3 Å². The smallest absolute Gasteiger partial charge is 0.0208 e. The van der Waals surface area contributed by atoms with Gasteiger partial charge in [-0.2, -0.15) is 0 Å². The van der Waals surface area contributed by atoms with E-state index in [-0.39, 0.29) is 0 Å². The molecule has 0 aliphatic carbocycles. The number of rotatable bonds is 8. The van der Waals surface area contributed by atoms with E-state index in [1.165, 1.54) is 41.0 Å². The van der Waals surface area contributed by atoms with E-state index in [9.17, 15) is 0 Å². The van der Waals surface area contributed by atoms with Crippen molar-refractivity contribution in [1.82, 2.24) is 5.32 Å². The highest BCUT2D eigenvalue weighted by molar-refractivity contribution is 7.99. The summed E-state index contributed by atoms with van der Waals surface area (Å²) in [6.07, 6.45) is 3.99. The van der Waals surface area contributed by atoms with E-state index in [2.05, 4.69) is 44.3 Å². The summed E-state index contributed by atoms with van der Waals surface area (Å²) in [4.78, 5) is 1.42. The Balaban J connectivity index is 2.44. The van der Waals surface area contributed by atoms with Crippen LogP contribution in [0.2, 0.25) is 0 Å². The first-order chi connectivity index (χ1) is 8.27. The molecular weight excluding hydrogens is 226 g/mol. The quantitative estimate of drug-likeness (QED) is 0.543. The molecule has 0 aliphatic heterocycles. The van der Waals surface area contributed by atoms with Gasteiger partial charge < -0.3 is 5.32 Å². The maximum absolute atomic E-state index is 3.38. The van der Waals surface area contributed by atoms with Crippen LogP contribution < -0.4 is 5.32 Å². The number of unbranched alkanes of at least 4 members (excludes halogenated alkanes) is 2. The summed E-state index contributed by atoms with van der Waals surface area (Å²) in [6, 6.07) is 6.85. The fourth-order valence-corrected chi connectivity index (χ4v) is 2.77. The lowest BCUT2D eigenvalue weighted by atomic mass is 10.1. The Morgan fingerprint density at radius 3 is 2.65 bits per heavy atom. The van der Waals surface area contributed by atoms with E-state index in [4.69, 9.17) is 0 Å². The topological polar surface area (TPSA) is 12.0 Å². The van der Waals surface area contributed by atoms with Crippen molar-refractivity contribution >= 4 is 11.8 Å². The fourth-order valence-electron chi connectivity index (χ4n) is 1.76. The number of benzene rings is 1. The van der Waals surface area contributed by atoms with Crippen molar-refractivity contribution in [2.75, 3.05) is 12.3 Å². The highest BCUT2D eigenvalue weighted by Gasteiger charge is 2.00. The molecule has 0 saturated carbocycles. The first-order valence-corrected chi connectivity index (χ1v) is 7.69. The molecule has 1 aromatic rings. The average molecular weight is 251 g/mol. The normalized spacial score (nSPS) is 10.8. The Labute approximate surface area is 110 Å². The zero-order valence-corrected chi connectivity index (χ0v) is 12.2. The molecule has 1 aromatic carbocycles. The molecule has 1 nitrogen and oxygen atoms in total. The highest BCUT2D eigenvalue weighted by Crippen LogP contribution is 2.22. The molecule has 0 amide bonds. The Morgan fingerprint density at radius 1 is 1.18 bits per heavy atom. The van der Waals surface area contributed by atoms with E-state index in [1.807, 2.05) is 11.8 Å². The third-order valence-electron chi connectivity index (χ3n) is 2.90. The third-order valence-corrected chi connectivity index (χ3v) is 3.98. The number of thioether (sulfide) groups is 1. The summed E-state index contributed by atoms with van der Waals surface area (Å²) in [6.45, 7) is 8.64. The lowest BCUT2D eigenvalue weighted by Gasteiger charge is -2.08. The monoisotopic (exact) mass is 251 g/mol. The van der Waals surface area contributed by atoms with Crippen LogP contribution in [-0.4, -0.2) is 12.3 Å². The van der Waals surface area contributed by atoms with Crippen LogP contribution in [0.4, 0.5) is 0 Å². The van der Waals surface area contributed by atoms with Crippen LogP contribution in [0.25, 0.3) is 0 Å². The van der Waals surface area contributed by atoms with Gasteiger partial charge in [0.2, 0.25) is 0 Å². The zero-order chi connectivity index (χ0) is 12.5. The predicted molar refractivity (Wildman–Crippen MR) is 78.8 cm³/mol. The molecule has 0 heterocycles. The minimum Gasteiger partial charge on any atom is -0.313 e. The van der Waals surface area contributed by atoms with Crippen molar-refractivity contribution in [2.45, 2.75) is 51.5 Å². The van der Waals surface area contributed by atoms with Gasteiger partial charge in [0.1, 0.15) is 0 Å². The van der Waals surface area contributed by atoms with Crippen molar-refractivity contribution < 1.29 is 0 Å². The van der Waals surface area contributed by atoms with Crippen molar-refractivity contribution in [1.29, 1.82) is 0 Å². The molecule has 0 spiro atoms. The fraction of sp³-hybridized carbons (Fsp3) is 0.600. The molecule has 0 aliphatic rings. The van der Waals surface area contributed by atoms with E-state index in [1.54, 1.807) is 0 Å². The van der Waals surface area contributed by atoms with E-state index < -0.39 is 0 Å². The molecule has 17 heavy (non-hydrogen) atoms. The van der Waals surface area contributed by atoms with Gasteiger partial charge >= 0.3 is 0 Å². The zero-order valence-electron chi connectivity index (χ0n) is 11.4. The van der Waals surface area contributed by atoms with Gasteiger partial charge in [-0.05, 0) is 48.9 Å². The second-order valence-corrected chi connectivity index (χ2v) is 5.59. The number of aryl methyl sites for hydroxylation is 1. The largest absolute Gasteiger partial charge is 0.313 e. The Morgan fingerprint density at radius 2 is 2.00 bits per heavy atom. The first-order valence-electron chi connectivity index (χ1n) is 6.71. The number of hydrogen-bond donors (Lipinski definition) is 1. The van der Waals surface area contributed by atoms with Crippen LogP contribution in [0.1, 0.15) is 44.2 Å². The first kappa shape index (κ1) is 14.6. The standard InChI is InChI=1S/C15H25NS/c1-4-6-7-10-17-15-9-8-14(12-16-5-2)13(3)11-15/h8-9,11,16H,4-7,10,12H2,1-3H3. The van der Waals surface area contributed by atoms with Crippen LogP contribution in [0, 0.1) is 6.92 Å². The molecule has 0 bridgehead atoms. The average Bonchev–Trinajstić information content (AvgIpc) is 2.34. The van der Waals surface area contributed by atoms with Crippen molar-refractivity contribution in [2.24, 2.45) is 0 Å². The summed E-state index contributed by atoms with van der Waals surface area (Å²) < 4.78 is 0. The van der Waals surface area contributed by atoms with Crippen LogP contribution in [-0.2, 0) is 6.54 Å². The minimum absolute atomic E-state index is 0.989. The summed E-state index contributed by atoms with van der Waals surface area (Å²) in [5, 5.41) is 3.38. The predicted octanol–water partition coefficient (Wildman–Crippen LogP) is 4.39. The lowest BCUT2D eigenvalue weighted by Crippen LogP contribution is -2.12. The van der Waals surface area contributed by atoms with Gasteiger partial charge in [0.15, 0.2) is 0 Å². The van der Waals surface area contributed by atoms with Gasteiger partial charge in [-0.15, -0.1) is 11.8 Å². The van der Waals surface area contributed by atoms with Gasteiger partial charge in [0.25, 0.3) is 0 Å². The molecule has 96 valence electrons. The Hall–Kier alpha value is -0.470. The van der Waals surface area contributed by atoms with Gasteiger partial charge in [-0.25, -0.2) is 0 Å².